The SMILES string of the molecule is CCC(C)(CCN)Nc1nccc(C(F)(F)F)n1. The Kier molecular flexibility index (Phi) is 4.50. The maximum Gasteiger partial charge on any atom is 0.433 e. The van der Waals surface area contributed by atoms with E-state index in [1.165, 1.54) is 0 Å². The minimum Gasteiger partial charge on any atom is -0.349 e. The summed E-state index contributed by atoms with van der Waals surface area (Å²) >= 11 is 0. The molecule has 0 amide bonds. The number of halogens is 3. The standard InChI is InChI=1S/C11H17F3N4/c1-3-10(2,5-6-15)18-9-16-7-4-8(17-9)11(12,13)14/h4,7H,3,5-6,15H2,1-2H3,(H,16,17,18). The number of alkyl halides is 3. The minimum atomic E-state index is -4.46. The van der Waals surface area contributed by atoms with Crippen molar-refractivity contribution in [2.75, 3.05) is 11.9 Å². The van der Waals surface area contributed by atoms with E-state index in [0.717, 1.165) is 12.3 Å². The molecule has 0 aromatic carbocycles. The summed E-state index contributed by atoms with van der Waals surface area (Å²) in [6.07, 6.45) is -2.03. The fourth-order valence-electron chi connectivity index (χ4n) is 1.49. The summed E-state index contributed by atoms with van der Waals surface area (Å²) in [4.78, 5) is 7.28. The summed E-state index contributed by atoms with van der Waals surface area (Å²) in [7, 11) is 0. The van der Waals surface area contributed by atoms with Crippen LogP contribution in [0.2, 0.25) is 0 Å². The van der Waals surface area contributed by atoms with Crippen LogP contribution in [-0.2, 0) is 6.18 Å². The second-order valence-electron chi connectivity index (χ2n) is 4.34. The van der Waals surface area contributed by atoms with Crippen molar-refractivity contribution in [3.05, 3.63) is 18.0 Å². The van der Waals surface area contributed by atoms with E-state index < -0.39 is 17.4 Å². The van der Waals surface area contributed by atoms with Crippen LogP contribution in [0.1, 0.15) is 32.4 Å². The van der Waals surface area contributed by atoms with Crippen LogP contribution >= 0.6 is 0 Å². The van der Waals surface area contributed by atoms with Gasteiger partial charge in [-0.25, -0.2) is 9.97 Å². The lowest BCUT2D eigenvalue weighted by atomic mass is 9.95. The summed E-state index contributed by atoms with van der Waals surface area (Å²) in [5.74, 6) is -0.0253. The second-order valence-corrected chi connectivity index (χ2v) is 4.34. The van der Waals surface area contributed by atoms with E-state index in [9.17, 15) is 13.2 Å². The third kappa shape index (κ3) is 3.83. The van der Waals surface area contributed by atoms with Gasteiger partial charge >= 0.3 is 6.18 Å². The van der Waals surface area contributed by atoms with Gasteiger partial charge in [0.2, 0.25) is 5.95 Å². The van der Waals surface area contributed by atoms with Gasteiger partial charge in [-0.2, -0.15) is 13.2 Å². The Hall–Kier alpha value is -1.37. The number of anilines is 1. The minimum absolute atomic E-state index is 0.0253. The first-order valence-corrected chi connectivity index (χ1v) is 5.69. The zero-order valence-corrected chi connectivity index (χ0v) is 10.4. The number of nitrogens with one attached hydrogen (secondary N) is 1. The molecule has 102 valence electrons. The third-order valence-electron chi connectivity index (χ3n) is 2.84. The predicted molar refractivity (Wildman–Crippen MR) is 63.0 cm³/mol. The van der Waals surface area contributed by atoms with Crippen molar-refractivity contribution in [1.29, 1.82) is 0 Å². The molecule has 0 spiro atoms. The largest absolute Gasteiger partial charge is 0.433 e. The predicted octanol–water partition coefficient (Wildman–Crippen LogP) is 2.42. The van der Waals surface area contributed by atoms with Gasteiger partial charge in [0.25, 0.3) is 0 Å². The van der Waals surface area contributed by atoms with Crippen LogP contribution in [-0.4, -0.2) is 22.1 Å². The third-order valence-corrected chi connectivity index (χ3v) is 2.84. The van der Waals surface area contributed by atoms with E-state index in [1.807, 2.05) is 13.8 Å². The highest BCUT2D eigenvalue weighted by Crippen LogP contribution is 2.28. The van der Waals surface area contributed by atoms with E-state index in [0.29, 0.717) is 19.4 Å². The molecule has 0 fully saturated rings. The Labute approximate surface area is 104 Å². The Bertz CT molecular complexity index is 394. The first-order chi connectivity index (χ1) is 8.30. The van der Waals surface area contributed by atoms with E-state index in [-0.39, 0.29) is 5.95 Å². The Morgan fingerprint density at radius 1 is 1.39 bits per heavy atom. The van der Waals surface area contributed by atoms with E-state index in [1.54, 1.807) is 0 Å². The van der Waals surface area contributed by atoms with Crippen molar-refractivity contribution in [3.63, 3.8) is 0 Å². The first kappa shape index (κ1) is 14.7. The molecule has 0 aliphatic heterocycles. The van der Waals surface area contributed by atoms with Crippen molar-refractivity contribution in [2.45, 2.75) is 38.4 Å². The highest BCUT2D eigenvalue weighted by Gasteiger charge is 2.33. The molecule has 1 aromatic heterocycles. The van der Waals surface area contributed by atoms with Gasteiger partial charge in [0.15, 0.2) is 0 Å². The number of hydrogen-bond acceptors (Lipinski definition) is 4. The van der Waals surface area contributed by atoms with Crippen LogP contribution < -0.4 is 11.1 Å². The molecule has 1 heterocycles. The molecule has 0 radical (unpaired) electrons. The molecule has 0 aliphatic rings. The van der Waals surface area contributed by atoms with Crippen LogP contribution in [0.4, 0.5) is 19.1 Å². The topological polar surface area (TPSA) is 63.8 Å². The molecule has 1 unspecified atom stereocenters. The molecule has 3 N–H and O–H groups in total. The normalized spacial score (nSPS) is 15.2. The quantitative estimate of drug-likeness (QED) is 0.855. The smallest absolute Gasteiger partial charge is 0.349 e. The molecular weight excluding hydrogens is 245 g/mol. The van der Waals surface area contributed by atoms with Crippen LogP contribution in [0, 0.1) is 0 Å². The second kappa shape index (κ2) is 5.51. The van der Waals surface area contributed by atoms with Gasteiger partial charge in [-0.1, -0.05) is 6.92 Å². The van der Waals surface area contributed by atoms with Crippen LogP contribution in [0.25, 0.3) is 0 Å². The van der Waals surface area contributed by atoms with Crippen molar-refractivity contribution < 1.29 is 13.2 Å². The summed E-state index contributed by atoms with van der Waals surface area (Å²) in [6.45, 7) is 4.25. The molecular formula is C11H17F3N4. The van der Waals surface area contributed by atoms with Gasteiger partial charge in [0.1, 0.15) is 5.69 Å². The van der Waals surface area contributed by atoms with Crippen molar-refractivity contribution >= 4 is 5.95 Å². The Balaban J connectivity index is 2.91. The average molecular weight is 262 g/mol. The van der Waals surface area contributed by atoms with Gasteiger partial charge in [-0.15, -0.1) is 0 Å². The fourth-order valence-corrected chi connectivity index (χ4v) is 1.49. The summed E-state index contributed by atoms with van der Waals surface area (Å²) < 4.78 is 37.5. The Morgan fingerprint density at radius 2 is 2.06 bits per heavy atom. The number of nitrogens with two attached hydrogens (primary N) is 1. The number of rotatable bonds is 5. The Morgan fingerprint density at radius 3 is 2.56 bits per heavy atom. The highest BCUT2D eigenvalue weighted by molar-refractivity contribution is 5.30. The molecule has 0 saturated heterocycles. The van der Waals surface area contributed by atoms with E-state index >= 15 is 0 Å². The maximum absolute atomic E-state index is 12.5. The van der Waals surface area contributed by atoms with Crippen molar-refractivity contribution in [2.24, 2.45) is 5.73 Å². The van der Waals surface area contributed by atoms with Gasteiger partial charge < -0.3 is 11.1 Å². The average Bonchev–Trinajstić information content (AvgIpc) is 2.28. The van der Waals surface area contributed by atoms with Crippen LogP contribution in [0.15, 0.2) is 12.3 Å². The number of nitrogens with zero attached hydrogens (tertiary/aromatic N) is 2. The lowest BCUT2D eigenvalue weighted by Crippen LogP contribution is -2.37. The van der Waals surface area contributed by atoms with Crippen LogP contribution in [0.5, 0.6) is 0 Å². The highest BCUT2D eigenvalue weighted by atomic mass is 19.4. The lowest BCUT2D eigenvalue weighted by Gasteiger charge is -2.29. The van der Waals surface area contributed by atoms with E-state index in [4.69, 9.17) is 5.73 Å². The molecule has 18 heavy (non-hydrogen) atoms. The lowest BCUT2D eigenvalue weighted by molar-refractivity contribution is -0.141. The fraction of sp³-hybridized carbons (Fsp3) is 0.636. The molecule has 0 aliphatic carbocycles. The van der Waals surface area contributed by atoms with Crippen LogP contribution in [0.3, 0.4) is 0 Å². The summed E-state index contributed by atoms with van der Waals surface area (Å²) in [5, 5.41) is 2.92. The molecule has 0 saturated carbocycles. The van der Waals surface area contributed by atoms with Crippen molar-refractivity contribution in [3.8, 4) is 0 Å². The van der Waals surface area contributed by atoms with E-state index in [2.05, 4.69) is 15.3 Å². The molecule has 1 atom stereocenters. The number of hydrogen-bond donors (Lipinski definition) is 2. The molecule has 4 nitrogen and oxygen atoms in total. The van der Waals surface area contributed by atoms with Gasteiger partial charge in [0.05, 0.1) is 0 Å². The van der Waals surface area contributed by atoms with Gasteiger partial charge in [0, 0.05) is 11.7 Å². The molecule has 7 heteroatoms. The zero-order chi connectivity index (χ0) is 13.8. The molecule has 1 aromatic rings. The monoisotopic (exact) mass is 262 g/mol. The maximum atomic E-state index is 12.5. The first-order valence-electron chi connectivity index (χ1n) is 5.69. The van der Waals surface area contributed by atoms with Gasteiger partial charge in [-0.05, 0) is 32.4 Å². The molecule has 1 rings (SSSR count). The van der Waals surface area contributed by atoms with Gasteiger partial charge in [-0.3, -0.25) is 0 Å². The zero-order valence-electron chi connectivity index (χ0n) is 10.4. The summed E-state index contributed by atoms with van der Waals surface area (Å²) in [5.41, 5.74) is 4.13. The molecule has 0 bridgehead atoms. The summed E-state index contributed by atoms with van der Waals surface area (Å²) in [6, 6.07) is 0.845. The number of aromatic nitrogens is 2. The van der Waals surface area contributed by atoms with Crippen molar-refractivity contribution in [1.82, 2.24) is 9.97 Å².